The largest absolute Gasteiger partial charge is 0.394 e. The molecule has 3 unspecified atom stereocenters. The summed E-state index contributed by atoms with van der Waals surface area (Å²) in [6, 6.07) is -0.808. The molecule has 5 nitrogen and oxygen atoms in total. The number of rotatable bonds is 31. The fourth-order valence-electron chi connectivity index (χ4n) is 5.20. The van der Waals surface area contributed by atoms with Crippen molar-refractivity contribution < 1.29 is 20.1 Å². The minimum atomic E-state index is -1.10. The normalized spacial score (nSPS) is 14.2. The van der Waals surface area contributed by atoms with Crippen molar-refractivity contribution in [2.24, 2.45) is 0 Å². The maximum absolute atomic E-state index is 12.3. The lowest BCUT2D eigenvalue weighted by Gasteiger charge is -2.21. The maximum Gasteiger partial charge on any atom is 0.249 e. The average Bonchev–Trinajstić information content (AvgIpc) is 2.98. The topological polar surface area (TPSA) is 89.8 Å². The molecule has 0 bridgehead atoms. The van der Waals surface area contributed by atoms with Crippen molar-refractivity contribution >= 4 is 5.91 Å². The highest BCUT2D eigenvalue weighted by atomic mass is 16.3. The Bertz CT molecular complexity index is 606. The molecule has 0 aromatic carbocycles. The van der Waals surface area contributed by atoms with E-state index in [0.717, 1.165) is 38.5 Å². The zero-order valence-corrected chi connectivity index (χ0v) is 27.2. The van der Waals surface area contributed by atoms with E-state index in [-0.39, 0.29) is 6.61 Å². The van der Waals surface area contributed by atoms with Gasteiger partial charge >= 0.3 is 0 Å². The third-order valence-electron chi connectivity index (χ3n) is 8.04. The second-order valence-corrected chi connectivity index (χ2v) is 12.1. The van der Waals surface area contributed by atoms with Gasteiger partial charge in [-0.15, -0.1) is 0 Å². The Balaban J connectivity index is 3.80. The summed E-state index contributed by atoms with van der Waals surface area (Å²) in [6.07, 6.45) is 36.2. The van der Waals surface area contributed by atoms with Crippen molar-refractivity contribution in [1.29, 1.82) is 0 Å². The third kappa shape index (κ3) is 27.4. The highest BCUT2D eigenvalue weighted by Gasteiger charge is 2.22. The van der Waals surface area contributed by atoms with Crippen LogP contribution in [0.1, 0.15) is 174 Å². The Morgan fingerprint density at radius 2 is 1.00 bits per heavy atom. The van der Waals surface area contributed by atoms with Crippen LogP contribution in [0.4, 0.5) is 0 Å². The molecule has 0 saturated carbocycles. The number of aliphatic hydroxyl groups excluding tert-OH is 3. The molecule has 0 heterocycles. The van der Waals surface area contributed by atoms with E-state index >= 15 is 0 Å². The van der Waals surface area contributed by atoms with Crippen LogP contribution in [0.25, 0.3) is 0 Å². The van der Waals surface area contributed by atoms with Crippen molar-refractivity contribution in [2.45, 2.75) is 193 Å². The molecule has 3 atom stereocenters. The third-order valence-corrected chi connectivity index (χ3v) is 8.04. The fourth-order valence-corrected chi connectivity index (χ4v) is 5.20. The quantitative estimate of drug-likeness (QED) is 0.0487. The van der Waals surface area contributed by atoms with E-state index in [4.69, 9.17) is 0 Å². The van der Waals surface area contributed by atoms with Crippen molar-refractivity contribution in [3.63, 3.8) is 0 Å². The molecule has 0 saturated heterocycles. The molecule has 4 N–H and O–H groups in total. The predicted molar refractivity (Wildman–Crippen MR) is 176 cm³/mol. The second-order valence-electron chi connectivity index (χ2n) is 12.1. The lowest BCUT2D eigenvalue weighted by Crippen LogP contribution is -2.48. The highest BCUT2D eigenvalue weighted by molar-refractivity contribution is 5.80. The summed E-state index contributed by atoms with van der Waals surface area (Å²) in [7, 11) is 0. The monoisotopic (exact) mass is 580 g/mol. The standard InChI is InChI=1S/C36H69NO4/c1-3-5-7-9-11-13-15-16-17-18-19-20-21-23-24-26-28-30-34(39)33(32-38)37-36(41)35(40)31-29-27-25-22-14-12-10-8-6-4-2/h21,23,28,30,33-35,38-40H,3-20,22,24-27,29,31-32H2,1-2H3,(H,37,41)/b23-21+,30-28+. The van der Waals surface area contributed by atoms with E-state index in [1.54, 1.807) is 6.08 Å². The van der Waals surface area contributed by atoms with Gasteiger partial charge in [0.25, 0.3) is 0 Å². The van der Waals surface area contributed by atoms with E-state index in [1.165, 1.54) is 116 Å². The summed E-state index contributed by atoms with van der Waals surface area (Å²) in [5.41, 5.74) is 0. The fraction of sp³-hybridized carbons (Fsp3) is 0.861. The Kier molecular flexibility index (Phi) is 30.9. The second kappa shape index (κ2) is 31.8. The van der Waals surface area contributed by atoms with Crippen LogP contribution in [0.5, 0.6) is 0 Å². The molecule has 0 radical (unpaired) electrons. The van der Waals surface area contributed by atoms with Crippen LogP contribution in [-0.4, -0.2) is 46.1 Å². The number of hydrogen-bond donors (Lipinski definition) is 4. The maximum atomic E-state index is 12.3. The highest BCUT2D eigenvalue weighted by Crippen LogP contribution is 2.13. The van der Waals surface area contributed by atoms with Crippen molar-refractivity contribution in [3.8, 4) is 0 Å². The summed E-state index contributed by atoms with van der Waals surface area (Å²) in [5.74, 6) is -0.516. The summed E-state index contributed by atoms with van der Waals surface area (Å²) < 4.78 is 0. The van der Waals surface area contributed by atoms with Gasteiger partial charge < -0.3 is 20.6 Å². The van der Waals surface area contributed by atoms with Crippen molar-refractivity contribution in [1.82, 2.24) is 5.32 Å². The van der Waals surface area contributed by atoms with Crippen LogP contribution in [0.2, 0.25) is 0 Å². The molecule has 1 amide bonds. The van der Waals surface area contributed by atoms with Crippen LogP contribution < -0.4 is 5.32 Å². The van der Waals surface area contributed by atoms with Gasteiger partial charge in [0, 0.05) is 0 Å². The summed E-state index contributed by atoms with van der Waals surface area (Å²) in [5, 5.41) is 32.8. The smallest absolute Gasteiger partial charge is 0.249 e. The van der Waals surface area contributed by atoms with Crippen LogP contribution in [0.3, 0.4) is 0 Å². The minimum Gasteiger partial charge on any atom is -0.394 e. The number of amides is 1. The van der Waals surface area contributed by atoms with Crippen LogP contribution in [-0.2, 0) is 4.79 Å². The van der Waals surface area contributed by atoms with E-state index in [9.17, 15) is 20.1 Å². The Hall–Kier alpha value is -1.17. The lowest BCUT2D eigenvalue weighted by molar-refractivity contribution is -0.131. The summed E-state index contributed by atoms with van der Waals surface area (Å²) >= 11 is 0. The van der Waals surface area contributed by atoms with Gasteiger partial charge in [-0.05, 0) is 32.1 Å². The first-order chi connectivity index (χ1) is 20.1. The molecule has 41 heavy (non-hydrogen) atoms. The number of nitrogens with one attached hydrogen (secondary N) is 1. The first kappa shape index (κ1) is 39.8. The molecule has 5 heteroatoms. The summed E-state index contributed by atoms with van der Waals surface area (Å²) in [6.45, 7) is 4.13. The van der Waals surface area contributed by atoms with Crippen molar-refractivity contribution in [2.75, 3.05) is 6.61 Å². The molecule has 0 spiro atoms. The van der Waals surface area contributed by atoms with Gasteiger partial charge in [0.15, 0.2) is 0 Å². The lowest BCUT2D eigenvalue weighted by atomic mass is 10.0. The first-order valence-corrected chi connectivity index (χ1v) is 17.7. The number of allylic oxidation sites excluding steroid dienone is 3. The first-order valence-electron chi connectivity index (χ1n) is 17.7. The number of carbonyl (C=O) groups is 1. The van der Waals surface area contributed by atoms with E-state index in [1.807, 2.05) is 6.08 Å². The van der Waals surface area contributed by atoms with Crippen LogP contribution in [0.15, 0.2) is 24.3 Å². The molecule has 242 valence electrons. The van der Waals surface area contributed by atoms with E-state index in [2.05, 4.69) is 31.3 Å². The van der Waals surface area contributed by atoms with E-state index < -0.39 is 24.2 Å². The molecular formula is C36H69NO4. The van der Waals surface area contributed by atoms with Gasteiger partial charge in [-0.3, -0.25) is 4.79 Å². The average molecular weight is 580 g/mol. The molecule has 0 aromatic rings. The predicted octanol–water partition coefficient (Wildman–Crippen LogP) is 9.09. The molecule has 0 aromatic heterocycles. The van der Waals surface area contributed by atoms with Crippen LogP contribution in [0, 0.1) is 0 Å². The zero-order valence-electron chi connectivity index (χ0n) is 27.2. The Morgan fingerprint density at radius 3 is 1.49 bits per heavy atom. The molecule has 0 fully saturated rings. The van der Waals surface area contributed by atoms with Crippen molar-refractivity contribution in [3.05, 3.63) is 24.3 Å². The van der Waals surface area contributed by atoms with Gasteiger partial charge in [-0.25, -0.2) is 0 Å². The van der Waals surface area contributed by atoms with Crippen LogP contribution >= 0.6 is 0 Å². The SMILES string of the molecule is CCCCCCCCCCCCC/C=C/CC/C=C/C(O)C(CO)NC(=O)C(O)CCCCCCCCCCCC. The van der Waals surface area contributed by atoms with Gasteiger partial charge in [-0.2, -0.15) is 0 Å². The molecular weight excluding hydrogens is 510 g/mol. The summed E-state index contributed by atoms with van der Waals surface area (Å²) in [4.78, 5) is 12.3. The van der Waals surface area contributed by atoms with Gasteiger partial charge in [0.2, 0.25) is 5.91 Å². The molecule has 0 rings (SSSR count). The molecule has 0 aliphatic carbocycles. The molecule has 0 aliphatic heterocycles. The van der Waals surface area contributed by atoms with Gasteiger partial charge in [0.05, 0.1) is 18.8 Å². The van der Waals surface area contributed by atoms with E-state index in [0.29, 0.717) is 6.42 Å². The van der Waals surface area contributed by atoms with Gasteiger partial charge in [0.1, 0.15) is 6.10 Å². The number of carbonyl (C=O) groups excluding carboxylic acids is 1. The number of aliphatic hydroxyl groups is 3. The number of hydrogen-bond acceptors (Lipinski definition) is 4. The minimum absolute atomic E-state index is 0.374. The Labute approximate surface area is 254 Å². The number of unbranched alkanes of at least 4 members (excludes halogenated alkanes) is 21. The Morgan fingerprint density at radius 1 is 0.585 bits per heavy atom. The molecule has 0 aliphatic rings. The zero-order chi connectivity index (χ0) is 30.2. The van der Waals surface area contributed by atoms with Gasteiger partial charge in [-0.1, -0.05) is 167 Å².